The fraction of sp³-hybridized carbons (Fsp3) is 0.222. The third kappa shape index (κ3) is 2.64. The fourth-order valence-corrected chi connectivity index (χ4v) is 1.06. The highest BCUT2D eigenvalue weighted by molar-refractivity contribution is 5.50. The molecule has 0 saturated carbocycles. The summed E-state index contributed by atoms with van der Waals surface area (Å²) in [6.07, 6.45) is 7.36. The summed E-state index contributed by atoms with van der Waals surface area (Å²) < 4.78 is 0. The second kappa shape index (κ2) is 5.75. The van der Waals surface area contributed by atoms with Crippen molar-refractivity contribution in [3.63, 3.8) is 0 Å². The molecule has 1 rings (SSSR count). The van der Waals surface area contributed by atoms with Crippen molar-refractivity contribution in [2.24, 2.45) is 4.99 Å². The smallest absolute Gasteiger partial charge is 0.191 e. The maximum atomic E-state index is 4.21. The average Bonchev–Trinajstić information content (AvgIpc) is 2.39. The maximum Gasteiger partial charge on any atom is 0.191 e. The first kappa shape index (κ1) is 11.1. The lowest BCUT2D eigenvalue weighted by Crippen LogP contribution is -3.00. The van der Waals surface area contributed by atoms with E-state index in [9.17, 15) is 0 Å². The number of nitrogens with zero attached hydrogens (tertiary/aromatic N) is 1. The van der Waals surface area contributed by atoms with E-state index >= 15 is 0 Å². The van der Waals surface area contributed by atoms with E-state index in [1.807, 2.05) is 23.8 Å². The lowest BCUT2D eigenvalue weighted by Gasteiger charge is -1.94. The molecule has 0 radical (unpaired) electrons. The highest BCUT2D eigenvalue weighted by Crippen LogP contribution is 2.10. The molecule has 0 unspecified atom stereocenters. The Morgan fingerprint density at radius 3 is 2.58 bits per heavy atom. The van der Waals surface area contributed by atoms with Crippen LogP contribution in [0, 0.1) is 0 Å². The van der Waals surface area contributed by atoms with E-state index in [2.05, 4.69) is 18.2 Å². The minimum Gasteiger partial charge on any atom is -1.00 e. The van der Waals surface area contributed by atoms with Crippen molar-refractivity contribution in [2.75, 3.05) is 0 Å². The summed E-state index contributed by atoms with van der Waals surface area (Å²) in [4.78, 5) is 4.21. The summed E-state index contributed by atoms with van der Waals surface area (Å²) in [6, 6.07) is 0. The molecule has 3 heteroatoms. The molecule has 0 aromatic heterocycles. The molecular formula is C9H13ClN2. The van der Waals surface area contributed by atoms with Gasteiger partial charge in [-0.3, -0.25) is 5.32 Å². The Kier molecular flexibility index (Phi) is 5.34. The first-order valence-electron chi connectivity index (χ1n) is 3.69. The summed E-state index contributed by atoms with van der Waals surface area (Å²) >= 11 is 0. The van der Waals surface area contributed by atoms with Gasteiger partial charge in [-0.25, -0.2) is 4.99 Å². The zero-order chi connectivity index (χ0) is 8.10. The van der Waals surface area contributed by atoms with Crippen LogP contribution in [0.4, 0.5) is 0 Å². The molecular weight excluding hydrogens is 172 g/mol. The first-order chi connectivity index (χ1) is 5.38. The monoisotopic (exact) mass is 184 g/mol. The van der Waals surface area contributed by atoms with Gasteiger partial charge in [0.25, 0.3) is 0 Å². The summed E-state index contributed by atoms with van der Waals surface area (Å²) in [7, 11) is 0. The van der Waals surface area contributed by atoms with Gasteiger partial charge in [-0.2, -0.15) is 0 Å². The van der Waals surface area contributed by atoms with Crippen LogP contribution in [0.5, 0.6) is 0 Å². The van der Waals surface area contributed by atoms with Crippen LogP contribution in [0.15, 0.2) is 41.7 Å². The molecule has 12 heavy (non-hydrogen) atoms. The largest absolute Gasteiger partial charge is 1.00 e. The number of halogens is 1. The Labute approximate surface area is 79.2 Å². The van der Waals surface area contributed by atoms with Crippen molar-refractivity contribution >= 4 is 6.34 Å². The molecule has 0 amide bonds. The Hall–Kier alpha value is -0.860. The number of hydrogen-bond acceptors (Lipinski definition) is 1. The van der Waals surface area contributed by atoms with Crippen LogP contribution < -0.4 is 17.7 Å². The minimum absolute atomic E-state index is 0. The maximum absolute atomic E-state index is 4.21. The molecule has 0 spiro atoms. The molecule has 0 bridgehead atoms. The van der Waals surface area contributed by atoms with Crippen molar-refractivity contribution in [3.8, 4) is 0 Å². The molecule has 0 aliphatic carbocycles. The van der Waals surface area contributed by atoms with Crippen LogP contribution in [0.25, 0.3) is 0 Å². The van der Waals surface area contributed by atoms with Crippen molar-refractivity contribution in [1.29, 1.82) is 0 Å². The summed E-state index contributed by atoms with van der Waals surface area (Å²) in [5.41, 5.74) is 2.39. The van der Waals surface area contributed by atoms with E-state index in [-0.39, 0.29) is 12.4 Å². The van der Waals surface area contributed by atoms with Gasteiger partial charge >= 0.3 is 0 Å². The average molecular weight is 185 g/mol. The second-order valence-electron chi connectivity index (χ2n) is 2.40. The second-order valence-corrected chi connectivity index (χ2v) is 2.40. The quantitative estimate of drug-likeness (QED) is 0.488. The van der Waals surface area contributed by atoms with E-state index < -0.39 is 0 Å². The van der Waals surface area contributed by atoms with Crippen LogP contribution >= 0.6 is 0 Å². The summed E-state index contributed by atoms with van der Waals surface area (Å²) in [5.74, 6) is 0. The van der Waals surface area contributed by atoms with Gasteiger partial charge in [-0.15, -0.1) is 13.2 Å². The fourth-order valence-electron chi connectivity index (χ4n) is 1.06. The molecule has 1 aliphatic heterocycles. The summed E-state index contributed by atoms with van der Waals surface area (Å²) in [6.45, 7) is 7.35. The summed E-state index contributed by atoms with van der Waals surface area (Å²) in [5, 5.41) is 2.03. The molecule has 2 N–H and O–H groups in total. The predicted molar refractivity (Wildman–Crippen MR) is 47.1 cm³/mol. The molecule has 1 heterocycles. The Morgan fingerprint density at radius 2 is 2.00 bits per heavy atom. The minimum atomic E-state index is 0. The third-order valence-corrected chi connectivity index (χ3v) is 1.58. The highest BCUT2D eigenvalue weighted by Gasteiger charge is 2.11. The molecule has 2 nitrogen and oxygen atoms in total. The SMILES string of the molecule is C=CCC1=C(CC=C)[NH2+]C=N1.[Cl-]. The number of quaternary nitrogens is 1. The number of allylic oxidation sites excluding steroid dienone is 2. The lowest BCUT2D eigenvalue weighted by atomic mass is 10.2. The number of hydrogen-bond donors (Lipinski definition) is 1. The number of aliphatic imine (C=N–C) groups is 1. The molecule has 66 valence electrons. The predicted octanol–water partition coefficient (Wildman–Crippen LogP) is -2.04. The molecule has 1 aliphatic rings. The standard InChI is InChI=1S/C9H12N2.ClH/c1-3-5-8-9(6-4-2)11-7-10-8;/h3-4,7H,1-2,5-6H2,(H,10,11);1H. The van der Waals surface area contributed by atoms with Crippen LogP contribution in [-0.2, 0) is 0 Å². The van der Waals surface area contributed by atoms with Crippen molar-refractivity contribution in [2.45, 2.75) is 12.8 Å². The van der Waals surface area contributed by atoms with Crippen LogP contribution in [0.1, 0.15) is 12.8 Å². The number of nitrogens with two attached hydrogens (primary N) is 1. The number of rotatable bonds is 4. The van der Waals surface area contributed by atoms with E-state index in [0.717, 1.165) is 18.5 Å². The van der Waals surface area contributed by atoms with Gasteiger partial charge < -0.3 is 12.4 Å². The normalized spacial score (nSPS) is 14.3. The Bertz CT molecular complexity index is 229. The molecule has 0 aromatic carbocycles. The van der Waals surface area contributed by atoms with E-state index in [0.29, 0.717) is 0 Å². The van der Waals surface area contributed by atoms with Gasteiger partial charge in [0.1, 0.15) is 11.4 Å². The van der Waals surface area contributed by atoms with Crippen LogP contribution in [-0.4, -0.2) is 6.34 Å². The first-order valence-corrected chi connectivity index (χ1v) is 3.69. The van der Waals surface area contributed by atoms with E-state index in [4.69, 9.17) is 0 Å². The Balaban J connectivity index is 0.00000121. The van der Waals surface area contributed by atoms with Crippen LogP contribution in [0.3, 0.4) is 0 Å². The molecule has 0 aromatic rings. The zero-order valence-electron chi connectivity index (χ0n) is 6.96. The zero-order valence-corrected chi connectivity index (χ0v) is 7.72. The topological polar surface area (TPSA) is 29.0 Å². The van der Waals surface area contributed by atoms with E-state index in [1.54, 1.807) is 0 Å². The van der Waals surface area contributed by atoms with Gasteiger partial charge in [0, 0.05) is 12.8 Å². The van der Waals surface area contributed by atoms with Crippen molar-refractivity contribution in [3.05, 3.63) is 36.7 Å². The van der Waals surface area contributed by atoms with Crippen molar-refractivity contribution in [1.82, 2.24) is 0 Å². The van der Waals surface area contributed by atoms with Crippen LogP contribution in [0.2, 0.25) is 0 Å². The van der Waals surface area contributed by atoms with Gasteiger partial charge in [0.15, 0.2) is 6.34 Å². The van der Waals surface area contributed by atoms with Gasteiger partial charge in [0.2, 0.25) is 0 Å². The molecule has 0 saturated heterocycles. The van der Waals surface area contributed by atoms with Crippen molar-refractivity contribution < 1.29 is 17.7 Å². The van der Waals surface area contributed by atoms with Gasteiger partial charge in [-0.1, -0.05) is 12.2 Å². The van der Waals surface area contributed by atoms with Gasteiger partial charge in [-0.05, 0) is 0 Å². The Morgan fingerprint density at radius 1 is 1.33 bits per heavy atom. The lowest BCUT2D eigenvalue weighted by molar-refractivity contribution is -0.472. The van der Waals surface area contributed by atoms with Gasteiger partial charge in [0.05, 0.1) is 0 Å². The highest BCUT2D eigenvalue weighted by atomic mass is 35.5. The molecule has 0 fully saturated rings. The molecule has 0 atom stereocenters. The third-order valence-electron chi connectivity index (χ3n) is 1.58. The van der Waals surface area contributed by atoms with E-state index in [1.165, 1.54) is 5.70 Å².